The lowest BCUT2D eigenvalue weighted by atomic mass is 9.83. The number of hydrogen-bond acceptors (Lipinski definition) is 6. The highest BCUT2D eigenvalue weighted by Gasteiger charge is 2.31. The Labute approximate surface area is 201 Å². The molecule has 0 amide bonds. The molecule has 2 heterocycles. The molecule has 34 heavy (non-hydrogen) atoms. The fourth-order valence-electron chi connectivity index (χ4n) is 4.47. The first-order valence-corrected chi connectivity index (χ1v) is 13.5. The summed E-state index contributed by atoms with van der Waals surface area (Å²) in [6.07, 6.45) is 8.22. The van der Waals surface area contributed by atoms with E-state index < -0.39 is 15.3 Å². The van der Waals surface area contributed by atoms with E-state index in [9.17, 15) is 13.2 Å². The number of esters is 1. The molecule has 1 aliphatic carbocycles. The molecular formula is C26H33N3O4S. The summed E-state index contributed by atoms with van der Waals surface area (Å²) in [6, 6.07) is 11.6. The lowest BCUT2D eigenvalue weighted by Gasteiger charge is -2.32. The van der Waals surface area contributed by atoms with Crippen molar-refractivity contribution in [1.82, 2.24) is 14.6 Å². The summed E-state index contributed by atoms with van der Waals surface area (Å²) in [5.74, 6) is 0.811. The zero-order chi connectivity index (χ0) is 24.3. The van der Waals surface area contributed by atoms with Crippen molar-refractivity contribution in [2.24, 2.45) is 11.3 Å². The fourth-order valence-corrected chi connectivity index (χ4v) is 5.75. The van der Waals surface area contributed by atoms with Gasteiger partial charge in [-0.2, -0.15) is 0 Å². The van der Waals surface area contributed by atoms with Crippen LogP contribution in [-0.4, -0.2) is 35.1 Å². The third-order valence-corrected chi connectivity index (χ3v) is 8.26. The topological polar surface area (TPSA) is 90.6 Å². The number of benzene rings is 1. The number of sulfone groups is 1. The zero-order valence-electron chi connectivity index (χ0n) is 20.1. The smallest absolute Gasteiger partial charge is 0.311 e. The van der Waals surface area contributed by atoms with Crippen LogP contribution < -0.4 is 0 Å². The number of carbonyl (C=O) groups is 1. The fraction of sp³-hybridized carbons (Fsp3) is 0.500. The minimum Gasteiger partial charge on any atom is -0.462 e. The third-order valence-electron chi connectivity index (χ3n) is 6.51. The standard InChI is InChI=1S/C26H33N3O4S/c1-26(2,3)25(30)33-22(19-10-6-4-7-11-19)15-17-24-28-27-23-16-14-21(18-29(23)24)34(31,32)20-12-8-5-9-13-20/h5,8-9,12-14,16,18-19,22H,4,6-7,10-11,15,17H2,1-3H3. The Hall–Kier alpha value is -2.74. The quantitative estimate of drug-likeness (QED) is 0.438. The van der Waals surface area contributed by atoms with E-state index in [1.54, 1.807) is 53.1 Å². The average molecular weight is 484 g/mol. The maximum Gasteiger partial charge on any atom is 0.311 e. The molecule has 0 bridgehead atoms. The van der Waals surface area contributed by atoms with Gasteiger partial charge in [0.2, 0.25) is 9.84 Å². The Bertz CT molecular complexity index is 1240. The SMILES string of the molecule is CC(C)(C)C(=O)OC(CCc1nnc2ccc(S(=O)(=O)c3ccccc3)cn12)C1CCCCC1. The number of ether oxygens (including phenoxy) is 1. The van der Waals surface area contributed by atoms with Crippen molar-refractivity contribution in [2.45, 2.75) is 81.6 Å². The summed E-state index contributed by atoms with van der Waals surface area (Å²) in [4.78, 5) is 13.1. The summed E-state index contributed by atoms with van der Waals surface area (Å²) >= 11 is 0. The van der Waals surface area contributed by atoms with Gasteiger partial charge in [0.05, 0.1) is 15.2 Å². The molecule has 3 aromatic rings. The van der Waals surface area contributed by atoms with Crippen molar-refractivity contribution in [1.29, 1.82) is 0 Å². The molecule has 7 nitrogen and oxygen atoms in total. The Balaban J connectivity index is 1.57. The zero-order valence-corrected chi connectivity index (χ0v) is 20.9. The molecule has 1 fully saturated rings. The van der Waals surface area contributed by atoms with Crippen LogP contribution in [0.2, 0.25) is 0 Å². The molecule has 1 aromatic carbocycles. The van der Waals surface area contributed by atoms with Crippen LogP contribution >= 0.6 is 0 Å². The van der Waals surface area contributed by atoms with Crippen molar-refractivity contribution >= 4 is 21.5 Å². The molecule has 0 N–H and O–H groups in total. The number of nitrogens with zero attached hydrogens (tertiary/aromatic N) is 3. The van der Waals surface area contributed by atoms with E-state index in [1.165, 1.54) is 6.42 Å². The van der Waals surface area contributed by atoms with Gasteiger partial charge in [-0.15, -0.1) is 10.2 Å². The van der Waals surface area contributed by atoms with E-state index in [-0.39, 0.29) is 21.9 Å². The predicted molar refractivity (Wildman–Crippen MR) is 129 cm³/mol. The van der Waals surface area contributed by atoms with Gasteiger partial charge >= 0.3 is 5.97 Å². The minimum atomic E-state index is -3.65. The summed E-state index contributed by atoms with van der Waals surface area (Å²) in [7, 11) is -3.65. The van der Waals surface area contributed by atoms with Crippen molar-refractivity contribution in [3.63, 3.8) is 0 Å². The van der Waals surface area contributed by atoms with Gasteiger partial charge in [0.1, 0.15) is 11.9 Å². The molecule has 1 unspecified atom stereocenters. The molecular weight excluding hydrogens is 450 g/mol. The van der Waals surface area contributed by atoms with Gasteiger partial charge in [-0.1, -0.05) is 37.5 Å². The second kappa shape index (κ2) is 9.86. The molecule has 0 spiro atoms. The third kappa shape index (κ3) is 5.32. The lowest BCUT2D eigenvalue weighted by Crippen LogP contribution is -2.34. The molecule has 1 aliphatic rings. The number of aryl methyl sites for hydroxylation is 1. The number of carbonyl (C=O) groups excluding carboxylic acids is 1. The lowest BCUT2D eigenvalue weighted by molar-refractivity contribution is -0.162. The van der Waals surface area contributed by atoms with E-state index in [0.717, 1.165) is 25.7 Å². The van der Waals surface area contributed by atoms with Crippen molar-refractivity contribution in [3.05, 3.63) is 54.5 Å². The van der Waals surface area contributed by atoms with Crippen LogP contribution in [-0.2, 0) is 25.8 Å². The van der Waals surface area contributed by atoms with Crippen LogP contribution in [0.4, 0.5) is 0 Å². The van der Waals surface area contributed by atoms with Crippen molar-refractivity contribution < 1.29 is 17.9 Å². The molecule has 2 aromatic heterocycles. The van der Waals surface area contributed by atoms with Crippen LogP contribution in [0.3, 0.4) is 0 Å². The van der Waals surface area contributed by atoms with Gasteiger partial charge < -0.3 is 4.74 Å². The maximum absolute atomic E-state index is 13.1. The Kier molecular flexibility index (Phi) is 7.07. The molecule has 0 saturated heterocycles. The highest BCUT2D eigenvalue weighted by Crippen LogP contribution is 2.32. The highest BCUT2D eigenvalue weighted by molar-refractivity contribution is 7.91. The second-order valence-corrected chi connectivity index (χ2v) is 12.1. The monoisotopic (exact) mass is 483 g/mol. The molecule has 0 aliphatic heterocycles. The first kappa shape index (κ1) is 24.4. The summed E-state index contributed by atoms with van der Waals surface area (Å²) in [6.45, 7) is 5.61. The Morgan fingerprint density at radius 3 is 2.41 bits per heavy atom. The molecule has 182 valence electrons. The summed E-state index contributed by atoms with van der Waals surface area (Å²) in [5.41, 5.74) is 0.0257. The summed E-state index contributed by atoms with van der Waals surface area (Å²) < 4.78 is 33.9. The van der Waals surface area contributed by atoms with Crippen LogP contribution in [0.1, 0.15) is 65.1 Å². The first-order chi connectivity index (χ1) is 16.2. The number of hydrogen-bond donors (Lipinski definition) is 0. The highest BCUT2D eigenvalue weighted by atomic mass is 32.2. The Morgan fingerprint density at radius 2 is 1.74 bits per heavy atom. The Morgan fingerprint density at radius 1 is 1.03 bits per heavy atom. The minimum absolute atomic E-state index is 0.185. The normalized spacial score (nSPS) is 16.4. The molecule has 4 rings (SSSR count). The van der Waals surface area contributed by atoms with Gasteiger partial charge in [0.15, 0.2) is 5.65 Å². The van der Waals surface area contributed by atoms with Gasteiger partial charge in [-0.25, -0.2) is 8.42 Å². The van der Waals surface area contributed by atoms with Gasteiger partial charge in [0.25, 0.3) is 0 Å². The van der Waals surface area contributed by atoms with E-state index >= 15 is 0 Å². The van der Waals surface area contributed by atoms with Gasteiger partial charge in [-0.3, -0.25) is 9.20 Å². The number of rotatable bonds is 7. The van der Waals surface area contributed by atoms with E-state index in [2.05, 4.69) is 10.2 Å². The number of aromatic nitrogens is 3. The average Bonchev–Trinajstić information content (AvgIpc) is 3.24. The van der Waals surface area contributed by atoms with Crippen LogP contribution in [0.5, 0.6) is 0 Å². The van der Waals surface area contributed by atoms with Crippen molar-refractivity contribution in [3.8, 4) is 0 Å². The first-order valence-electron chi connectivity index (χ1n) is 12.0. The summed E-state index contributed by atoms with van der Waals surface area (Å²) in [5, 5.41) is 8.53. The number of pyridine rings is 1. The predicted octanol–water partition coefficient (Wildman–Crippen LogP) is 5.03. The molecule has 1 atom stereocenters. The maximum atomic E-state index is 13.1. The second-order valence-electron chi connectivity index (χ2n) is 10.2. The van der Waals surface area contributed by atoms with E-state index in [4.69, 9.17) is 4.74 Å². The van der Waals surface area contributed by atoms with Crippen LogP contribution in [0.15, 0.2) is 58.5 Å². The van der Waals surface area contributed by atoms with Crippen molar-refractivity contribution in [2.75, 3.05) is 0 Å². The van der Waals surface area contributed by atoms with Gasteiger partial charge in [-0.05, 0) is 70.2 Å². The molecule has 0 radical (unpaired) electrons. The number of fused-ring (bicyclic) bond motifs is 1. The van der Waals surface area contributed by atoms with Gasteiger partial charge in [0, 0.05) is 12.6 Å². The molecule has 8 heteroatoms. The molecule has 1 saturated carbocycles. The van der Waals surface area contributed by atoms with Crippen LogP contribution in [0.25, 0.3) is 5.65 Å². The largest absolute Gasteiger partial charge is 0.462 e. The van der Waals surface area contributed by atoms with Crippen LogP contribution in [0, 0.1) is 11.3 Å². The van der Waals surface area contributed by atoms with E-state index in [0.29, 0.717) is 30.2 Å². The van der Waals surface area contributed by atoms with E-state index in [1.807, 2.05) is 20.8 Å².